The van der Waals surface area contributed by atoms with Gasteiger partial charge in [0, 0.05) is 0 Å². The minimum atomic E-state index is -0.517. The van der Waals surface area contributed by atoms with Crippen molar-refractivity contribution in [2.75, 3.05) is 5.43 Å². The normalized spacial score (nSPS) is 11.7. The van der Waals surface area contributed by atoms with Gasteiger partial charge in [-0.25, -0.2) is 9.89 Å². The van der Waals surface area contributed by atoms with Crippen molar-refractivity contribution >= 4 is 18.1 Å². The van der Waals surface area contributed by atoms with Gasteiger partial charge in [0.05, 0.1) is 12.4 Å². The van der Waals surface area contributed by atoms with Gasteiger partial charge in [-0.2, -0.15) is 15.2 Å². The molecule has 0 aliphatic heterocycles. The van der Waals surface area contributed by atoms with E-state index in [1.54, 1.807) is 6.21 Å². The fourth-order valence-electron chi connectivity index (χ4n) is 1.42. The highest BCUT2D eigenvalue weighted by Crippen LogP contribution is 2.04. The van der Waals surface area contributed by atoms with Crippen LogP contribution in [-0.2, 0) is 0 Å². The van der Waals surface area contributed by atoms with Gasteiger partial charge in [-0.1, -0.05) is 36.4 Å². The second-order valence-corrected chi connectivity index (χ2v) is 3.84. The number of nitrogens with one attached hydrogen (secondary N) is 2. The molecule has 1 aromatic heterocycles. The Morgan fingerprint density at radius 3 is 2.89 bits per heavy atom. The number of hydrogen-bond donors (Lipinski definition) is 2. The number of benzene rings is 1. The van der Waals surface area contributed by atoms with Crippen LogP contribution in [0.3, 0.4) is 0 Å². The molecule has 0 bridgehead atoms. The predicted molar refractivity (Wildman–Crippen MR) is 74.9 cm³/mol. The lowest BCUT2D eigenvalue weighted by Gasteiger charge is -1.97. The van der Waals surface area contributed by atoms with Gasteiger partial charge in [0.15, 0.2) is 5.82 Å². The Labute approximate surface area is 109 Å². The van der Waals surface area contributed by atoms with Crippen LogP contribution in [0.5, 0.6) is 0 Å². The topological polar surface area (TPSA) is 83.0 Å². The summed E-state index contributed by atoms with van der Waals surface area (Å²) in [6, 6.07) is 9.93. The molecule has 1 heterocycles. The Morgan fingerprint density at radius 2 is 2.16 bits per heavy atom. The number of H-pyrrole nitrogens is 1. The third-order valence-electron chi connectivity index (χ3n) is 2.21. The number of hydrogen-bond acceptors (Lipinski definition) is 5. The highest BCUT2D eigenvalue weighted by molar-refractivity contribution is 5.85. The number of aromatic amines is 1. The Balaban J connectivity index is 1.99. The van der Waals surface area contributed by atoms with Crippen molar-refractivity contribution < 1.29 is 0 Å². The Hall–Kier alpha value is -2.76. The number of allylic oxidation sites excluding steroid dienone is 1. The van der Waals surface area contributed by atoms with Crippen LogP contribution < -0.4 is 11.1 Å². The summed E-state index contributed by atoms with van der Waals surface area (Å²) in [4.78, 5) is 14.5. The monoisotopic (exact) mass is 255 g/mol. The summed E-state index contributed by atoms with van der Waals surface area (Å²) in [6.45, 7) is 1.93. The molecule has 19 heavy (non-hydrogen) atoms. The van der Waals surface area contributed by atoms with Crippen molar-refractivity contribution in [3.05, 3.63) is 58.1 Å². The molecule has 1 aromatic carbocycles. The van der Waals surface area contributed by atoms with E-state index in [0.717, 1.165) is 11.1 Å². The maximum absolute atomic E-state index is 10.9. The number of rotatable bonds is 4. The van der Waals surface area contributed by atoms with Gasteiger partial charge >= 0.3 is 5.69 Å². The summed E-state index contributed by atoms with van der Waals surface area (Å²) in [5.41, 5.74) is 4.19. The number of anilines is 1. The van der Waals surface area contributed by atoms with E-state index in [2.05, 4.69) is 25.7 Å². The van der Waals surface area contributed by atoms with Gasteiger partial charge in [0.2, 0.25) is 0 Å². The molecule has 0 saturated carbocycles. The highest BCUT2D eigenvalue weighted by atomic mass is 16.1. The minimum Gasteiger partial charge on any atom is -0.260 e. The fraction of sp³-hybridized carbons (Fsp3) is 0.0769. The summed E-state index contributed by atoms with van der Waals surface area (Å²) in [6.07, 6.45) is 5.03. The van der Waals surface area contributed by atoms with Gasteiger partial charge in [0.1, 0.15) is 0 Å². The summed E-state index contributed by atoms with van der Waals surface area (Å²) in [5.74, 6) is 0.299. The number of nitrogens with zero attached hydrogens (tertiary/aromatic N) is 3. The summed E-state index contributed by atoms with van der Waals surface area (Å²) < 4.78 is 0. The molecule has 0 amide bonds. The second kappa shape index (κ2) is 6.25. The Kier molecular flexibility index (Phi) is 4.17. The minimum absolute atomic E-state index is 0.299. The van der Waals surface area contributed by atoms with E-state index < -0.39 is 5.69 Å². The van der Waals surface area contributed by atoms with E-state index >= 15 is 0 Å². The van der Waals surface area contributed by atoms with Crippen LogP contribution >= 0.6 is 0 Å². The third kappa shape index (κ3) is 4.19. The van der Waals surface area contributed by atoms with Crippen LogP contribution in [-0.4, -0.2) is 21.4 Å². The van der Waals surface area contributed by atoms with Gasteiger partial charge in [-0.05, 0) is 18.1 Å². The molecule has 0 aliphatic rings. The van der Waals surface area contributed by atoms with E-state index in [1.807, 2.05) is 43.3 Å². The highest BCUT2D eigenvalue weighted by Gasteiger charge is 1.92. The molecule has 0 saturated heterocycles. The molecule has 0 atom stereocenters. The van der Waals surface area contributed by atoms with Gasteiger partial charge in [0.25, 0.3) is 0 Å². The zero-order valence-electron chi connectivity index (χ0n) is 10.4. The van der Waals surface area contributed by atoms with Crippen LogP contribution in [0.1, 0.15) is 12.5 Å². The largest absolute Gasteiger partial charge is 0.363 e. The first-order valence-corrected chi connectivity index (χ1v) is 5.68. The van der Waals surface area contributed by atoms with Crippen molar-refractivity contribution in [2.24, 2.45) is 5.10 Å². The molecule has 96 valence electrons. The van der Waals surface area contributed by atoms with Crippen LogP contribution in [0.25, 0.3) is 6.08 Å². The lowest BCUT2D eigenvalue weighted by atomic mass is 10.1. The summed E-state index contributed by atoms with van der Waals surface area (Å²) in [5, 5.41) is 9.76. The quantitative estimate of drug-likeness (QED) is 0.643. The zero-order valence-corrected chi connectivity index (χ0v) is 10.4. The van der Waals surface area contributed by atoms with E-state index in [0.29, 0.717) is 5.82 Å². The molecule has 0 radical (unpaired) electrons. The molecule has 2 N–H and O–H groups in total. The van der Waals surface area contributed by atoms with Crippen LogP contribution in [0.15, 0.2) is 52.0 Å². The lowest BCUT2D eigenvalue weighted by Crippen LogP contribution is -2.13. The second-order valence-electron chi connectivity index (χ2n) is 3.84. The third-order valence-corrected chi connectivity index (χ3v) is 2.21. The maximum atomic E-state index is 10.9. The molecule has 2 rings (SSSR count). The van der Waals surface area contributed by atoms with Gasteiger partial charge in [-0.3, -0.25) is 5.43 Å². The average Bonchev–Trinajstić information content (AvgIpc) is 2.40. The Bertz CT molecular complexity index is 645. The molecule has 2 aromatic rings. The number of aromatic nitrogens is 3. The van der Waals surface area contributed by atoms with Crippen molar-refractivity contribution in [3.63, 3.8) is 0 Å². The maximum Gasteiger partial charge on any atom is 0.363 e. The van der Waals surface area contributed by atoms with Crippen molar-refractivity contribution in [2.45, 2.75) is 6.92 Å². The molecule has 0 spiro atoms. The predicted octanol–water partition coefficient (Wildman–Crippen LogP) is 1.67. The average molecular weight is 255 g/mol. The molecule has 0 fully saturated rings. The zero-order chi connectivity index (χ0) is 13.5. The summed E-state index contributed by atoms with van der Waals surface area (Å²) in [7, 11) is 0. The van der Waals surface area contributed by atoms with E-state index in [9.17, 15) is 4.79 Å². The first-order chi connectivity index (χ1) is 9.24. The van der Waals surface area contributed by atoms with Crippen molar-refractivity contribution in [1.29, 1.82) is 0 Å². The molecule has 6 heteroatoms. The van der Waals surface area contributed by atoms with E-state index in [-0.39, 0.29) is 0 Å². The Morgan fingerprint density at radius 1 is 1.37 bits per heavy atom. The SMILES string of the molecule is CC(C=NNc1cn[nH]c(=O)n1)=Cc1ccccc1. The molecule has 6 nitrogen and oxygen atoms in total. The lowest BCUT2D eigenvalue weighted by molar-refractivity contribution is 0.913. The summed E-state index contributed by atoms with van der Waals surface area (Å²) >= 11 is 0. The molecule has 0 aliphatic carbocycles. The van der Waals surface area contributed by atoms with E-state index in [4.69, 9.17) is 0 Å². The smallest absolute Gasteiger partial charge is 0.260 e. The fourth-order valence-corrected chi connectivity index (χ4v) is 1.42. The van der Waals surface area contributed by atoms with Crippen LogP contribution in [0.2, 0.25) is 0 Å². The van der Waals surface area contributed by atoms with Crippen molar-refractivity contribution in [1.82, 2.24) is 15.2 Å². The van der Waals surface area contributed by atoms with Gasteiger partial charge in [-0.15, -0.1) is 0 Å². The molecule has 0 unspecified atom stereocenters. The first-order valence-electron chi connectivity index (χ1n) is 5.68. The number of hydrazone groups is 1. The molecular weight excluding hydrogens is 242 g/mol. The van der Waals surface area contributed by atoms with Gasteiger partial charge < -0.3 is 0 Å². The van der Waals surface area contributed by atoms with Crippen LogP contribution in [0.4, 0.5) is 5.82 Å². The molecular formula is C13H13N5O. The first kappa shape index (κ1) is 12.7. The van der Waals surface area contributed by atoms with E-state index in [1.165, 1.54) is 6.20 Å². The van der Waals surface area contributed by atoms with Crippen LogP contribution in [0, 0.1) is 0 Å². The van der Waals surface area contributed by atoms with Crippen molar-refractivity contribution in [3.8, 4) is 0 Å². The standard InChI is InChI=1S/C13H13N5O/c1-10(7-11-5-3-2-4-6-11)8-14-17-12-9-15-18-13(19)16-12/h2-9H,1H3,(H2,16,17,18,19).